The van der Waals surface area contributed by atoms with E-state index < -0.39 is 0 Å². The molecule has 112 valence electrons. The molecule has 1 saturated heterocycles. The van der Waals surface area contributed by atoms with Crippen molar-refractivity contribution >= 4 is 17.2 Å². The van der Waals surface area contributed by atoms with Crippen molar-refractivity contribution in [3.05, 3.63) is 39.3 Å². The maximum Gasteiger partial charge on any atom is 0.252 e. The van der Waals surface area contributed by atoms with E-state index in [1.54, 1.807) is 0 Å². The molecule has 0 unspecified atom stereocenters. The summed E-state index contributed by atoms with van der Waals surface area (Å²) in [4.78, 5) is 12.2. The zero-order chi connectivity index (χ0) is 15.0. The van der Waals surface area contributed by atoms with E-state index in [4.69, 9.17) is 4.74 Å². The molecule has 5 nitrogen and oxygen atoms in total. The van der Waals surface area contributed by atoms with Crippen molar-refractivity contribution < 1.29 is 9.53 Å². The highest BCUT2D eigenvalue weighted by atomic mass is 32.1. The van der Waals surface area contributed by atoms with E-state index in [0.29, 0.717) is 12.2 Å². The van der Waals surface area contributed by atoms with Gasteiger partial charge in [-0.3, -0.25) is 9.48 Å². The Morgan fingerprint density at radius 1 is 1.52 bits per heavy atom. The standard InChI is InChI=1S/C15H19N3O2S/c1-9-13(10(2)18(3)17-9)14-12(4-6-20-14)16-15(19)11-5-7-21-8-11/h5,7-8,12,14H,4,6H2,1-3H3,(H,16,19)/t12-,14-/m0/s1. The number of hydrogen-bond acceptors (Lipinski definition) is 4. The molecule has 2 aromatic heterocycles. The topological polar surface area (TPSA) is 56.1 Å². The van der Waals surface area contributed by atoms with Crippen LogP contribution in [0.15, 0.2) is 16.8 Å². The molecule has 3 rings (SSSR count). The Morgan fingerprint density at radius 2 is 2.33 bits per heavy atom. The van der Waals surface area contributed by atoms with Crippen molar-refractivity contribution in [2.24, 2.45) is 7.05 Å². The third-order valence-corrected chi connectivity index (χ3v) is 4.72. The summed E-state index contributed by atoms with van der Waals surface area (Å²) in [6, 6.07) is 1.84. The summed E-state index contributed by atoms with van der Waals surface area (Å²) in [5, 5.41) is 11.3. The summed E-state index contributed by atoms with van der Waals surface area (Å²) in [6.07, 6.45) is 0.718. The fourth-order valence-electron chi connectivity index (χ4n) is 2.87. The van der Waals surface area contributed by atoms with Crippen LogP contribution in [0.1, 0.15) is 39.8 Å². The molecular formula is C15H19N3O2S. The first-order chi connectivity index (χ1) is 10.1. The van der Waals surface area contributed by atoms with Gasteiger partial charge in [0.15, 0.2) is 0 Å². The minimum absolute atomic E-state index is 0.000926. The normalized spacial score (nSPS) is 21.7. The number of nitrogens with zero attached hydrogens (tertiary/aromatic N) is 2. The first-order valence-corrected chi connectivity index (χ1v) is 7.97. The van der Waals surface area contributed by atoms with Crippen molar-refractivity contribution in [2.75, 3.05) is 6.61 Å². The van der Waals surface area contributed by atoms with Gasteiger partial charge in [0.1, 0.15) is 6.10 Å². The molecule has 1 N–H and O–H groups in total. The molecule has 0 radical (unpaired) electrons. The van der Waals surface area contributed by atoms with Gasteiger partial charge in [-0.25, -0.2) is 0 Å². The maximum atomic E-state index is 12.2. The largest absolute Gasteiger partial charge is 0.371 e. The SMILES string of the molecule is Cc1nn(C)c(C)c1[C@H]1OCC[C@@H]1NC(=O)c1ccsc1. The van der Waals surface area contributed by atoms with E-state index in [2.05, 4.69) is 10.4 Å². The molecule has 1 aliphatic rings. The molecule has 0 bridgehead atoms. The molecule has 0 spiro atoms. The molecule has 3 heterocycles. The van der Waals surface area contributed by atoms with Gasteiger partial charge >= 0.3 is 0 Å². The Bertz CT molecular complexity index is 648. The number of amides is 1. The van der Waals surface area contributed by atoms with Crippen molar-refractivity contribution in [1.29, 1.82) is 0 Å². The summed E-state index contributed by atoms with van der Waals surface area (Å²) in [6.45, 7) is 4.68. The summed E-state index contributed by atoms with van der Waals surface area (Å²) in [5.41, 5.74) is 3.88. The lowest BCUT2D eigenvalue weighted by Gasteiger charge is -2.20. The molecule has 0 saturated carbocycles. The van der Waals surface area contributed by atoms with Crippen molar-refractivity contribution in [2.45, 2.75) is 32.4 Å². The highest BCUT2D eigenvalue weighted by molar-refractivity contribution is 7.08. The first-order valence-electron chi connectivity index (χ1n) is 7.02. The van der Waals surface area contributed by atoms with Crippen LogP contribution in [-0.2, 0) is 11.8 Å². The van der Waals surface area contributed by atoms with Crippen LogP contribution in [-0.4, -0.2) is 28.3 Å². The summed E-state index contributed by atoms with van der Waals surface area (Å²) >= 11 is 1.53. The van der Waals surface area contributed by atoms with E-state index >= 15 is 0 Å². The highest BCUT2D eigenvalue weighted by Gasteiger charge is 2.34. The van der Waals surface area contributed by atoms with Crippen molar-refractivity contribution in [3.8, 4) is 0 Å². The summed E-state index contributed by atoms with van der Waals surface area (Å²) in [5.74, 6) is -0.0315. The highest BCUT2D eigenvalue weighted by Crippen LogP contribution is 2.33. The fraction of sp³-hybridized carbons (Fsp3) is 0.467. The van der Waals surface area contributed by atoms with Crippen LogP contribution in [0.4, 0.5) is 0 Å². The number of aromatic nitrogens is 2. The van der Waals surface area contributed by atoms with Crippen LogP contribution in [0.25, 0.3) is 0 Å². The lowest BCUT2D eigenvalue weighted by atomic mass is 10.00. The van der Waals surface area contributed by atoms with Gasteiger partial charge in [0.2, 0.25) is 0 Å². The molecule has 1 amide bonds. The zero-order valence-corrected chi connectivity index (χ0v) is 13.2. The smallest absolute Gasteiger partial charge is 0.252 e. The number of aryl methyl sites for hydroxylation is 2. The minimum Gasteiger partial charge on any atom is -0.371 e. The molecule has 0 aromatic carbocycles. The van der Waals surface area contributed by atoms with Gasteiger partial charge in [0.05, 0.1) is 11.7 Å². The Balaban J connectivity index is 1.81. The van der Waals surface area contributed by atoms with Crippen molar-refractivity contribution in [1.82, 2.24) is 15.1 Å². The number of carbonyl (C=O) groups excluding carboxylic acids is 1. The average Bonchev–Trinajstić information content (AvgIpc) is 3.14. The molecule has 2 atom stereocenters. The molecule has 0 aliphatic carbocycles. The summed E-state index contributed by atoms with van der Waals surface area (Å²) < 4.78 is 7.74. The second-order valence-corrected chi connectivity index (χ2v) is 6.16. The predicted octanol–water partition coefficient (Wildman–Crippen LogP) is 2.36. The third-order valence-electron chi connectivity index (χ3n) is 4.04. The monoisotopic (exact) mass is 305 g/mol. The number of thiophene rings is 1. The van der Waals surface area contributed by atoms with Crippen LogP contribution in [0.5, 0.6) is 0 Å². The number of ether oxygens (including phenoxy) is 1. The van der Waals surface area contributed by atoms with Gasteiger partial charge in [-0.15, -0.1) is 0 Å². The van der Waals surface area contributed by atoms with E-state index in [-0.39, 0.29) is 18.1 Å². The quantitative estimate of drug-likeness (QED) is 0.947. The Morgan fingerprint density at radius 3 is 2.95 bits per heavy atom. The minimum atomic E-state index is -0.110. The Kier molecular flexibility index (Phi) is 3.82. The van der Waals surface area contributed by atoms with Crippen LogP contribution < -0.4 is 5.32 Å². The summed E-state index contributed by atoms with van der Waals surface area (Å²) in [7, 11) is 1.93. The Labute approximate surface area is 127 Å². The number of hydrogen-bond donors (Lipinski definition) is 1. The van der Waals surface area contributed by atoms with Gasteiger partial charge in [-0.2, -0.15) is 16.4 Å². The molecule has 1 aliphatic heterocycles. The lowest BCUT2D eigenvalue weighted by molar-refractivity contribution is 0.0817. The van der Waals surface area contributed by atoms with E-state index in [9.17, 15) is 4.79 Å². The van der Waals surface area contributed by atoms with Crippen LogP contribution >= 0.6 is 11.3 Å². The van der Waals surface area contributed by atoms with Crippen LogP contribution in [0.3, 0.4) is 0 Å². The second-order valence-electron chi connectivity index (χ2n) is 5.38. The molecule has 6 heteroatoms. The zero-order valence-electron chi connectivity index (χ0n) is 12.4. The predicted molar refractivity (Wildman–Crippen MR) is 81.6 cm³/mol. The van der Waals surface area contributed by atoms with Crippen LogP contribution in [0, 0.1) is 13.8 Å². The van der Waals surface area contributed by atoms with Crippen LogP contribution in [0.2, 0.25) is 0 Å². The Hall–Kier alpha value is -1.66. The third kappa shape index (κ3) is 2.61. The second kappa shape index (κ2) is 5.61. The van der Waals surface area contributed by atoms with E-state index in [0.717, 1.165) is 23.4 Å². The van der Waals surface area contributed by atoms with Crippen molar-refractivity contribution in [3.63, 3.8) is 0 Å². The van der Waals surface area contributed by atoms with Gasteiger partial charge in [0.25, 0.3) is 5.91 Å². The average molecular weight is 305 g/mol. The number of carbonyl (C=O) groups is 1. The van der Waals surface area contributed by atoms with Gasteiger partial charge in [-0.1, -0.05) is 0 Å². The number of nitrogens with one attached hydrogen (secondary N) is 1. The molecule has 1 fully saturated rings. The molecular weight excluding hydrogens is 286 g/mol. The molecule has 2 aromatic rings. The van der Waals surface area contributed by atoms with Gasteiger partial charge in [-0.05, 0) is 31.7 Å². The van der Waals surface area contributed by atoms with Gasteiger partial charge < -0.3 is 10.1 Å². The number of rotatable bonds is 3. The van der Waals surface area contributed by atoms with E-state index in [1.807, 2.05) is 42.4 Å². The first kappa shape index (κ1) is 14.3. The molecule has 21 heavy (non-hydrogen) atoms. The van der Waals surface area contributed by atoms with Gasteiger partial charge in [0, 0.05) is 35.9 Å². The lowest BCUT2D eigenvalue weighted by Crippen LogP contribution is -2.36. The van der Waals surface area contributed by atoms with E-state index in [1.165, 1.54) is 11.3 Å². The fourth-order valence-corrected chi connectivity index (χ4v) is 3.50. The maximum absolute atomic E-state index is 12.2.